The molecule has 2 nitrogen and oxygen atoms in total. The van der Waals surface area contributed by atoms with Gasteiger partial charge in [0.2, 0.25) is 0 Å². The Bertz CT molecular complexity index is 501. The van der Waals surface area contributed by atoms with E-state index >= 15 is 0 Å². The molecule has 1 aromatic carbocycles. The monoisotopic (exact) mass is 276 g/mol. The normalized spacial score (nSPS) is 21.9. The van der Waals surface area contributed by atoms with Crippen LogP contribution in [-0.2, 0) is 0 Å². The Kier molecular flexibility index (Phi) is 5.43. The lowest BCUT2D eigenvalue weighted by Gasteiger charge is -2.27. The molecule has 1 aliphatic carbocycles. The van der Waals surface area contributed by atoms with E-state index in [1.54, 1.807) is 12.1 Å². The van der Waals surface area contributed by atoms with Crippen LogP contribution in [-0.4, -0.2) is 17.8 Å². The second-order valence-electron chi connectivity index (χ2n) is 5.43. The Hall–Kier alpha value is -1.53. The molecule has 1 aromatic rings. The van der Waals surface area contributed by atoms with Crippen molar-refractivity contribution in [1.29, 1.82) is 0 Å². The number of rotatable bonds is 3. The number of halogens is 1. The standard InChI is InChI=1S/C17H21FO2/c1-13-5-4-7-15(11-13)20-16-9-8-14(17(18)12-16)6-2-3-10-19/h8-9,12-13,15,19H,3-5,7,10-11H2,1H3. The first-order chi connectivity index (χ1) is 9.69. The van der Waals surface area contributed by atoms with E-state index in [4.69, 9.17) is 9.84 Å². The van der Waals surface area contributed by atoms with Crippen molar-refractivity contribution in [3.63, 3.8) is 0 Å². The van der Waals surface area contributed by atoms with Gasteiger partial charge in [-0.25, -0.2) is 4.39 Å². The number of ether oxygens (including phenoxy) is 1. The third-order valence-electron chi connectivity index (χ3n) is 3.59. The van der Waals surface area contributed by atoms with Gasteiger partial charge in [0.1, 0.15) is 11.6 Å². The molecule has 2 rings (SSSR count). The van der Waals surface area contributed by atoms with Crippen molar-refractivity contribution in [3.8, 4) is 17.6 Å². The molecule has 0 amide bonds. The fraction of sp³-hybridized carbons (Fsp3) is 0.529. The maximum Gasteiger partial charge on any atom is 0.142 e. The van der Waals surface area contributed by atoms with E-state index in [1.165, 1.54) is 18.9 Å². The highest BCUT2D eigenvalue weighted by Gasteiger charge is 2.20. The van der Waals surface area contributed by atoms with Crippen molar-refractivity contribution < 1.29 is 14.2 Å². The molecule has 20 heavy (non-hydrogen) atoms. The predicted molar refractivity (Wildman–Crippen MR) is 77.0 cm³/mol. The highest BCUT2D eigenvalue weighted by Crippen LogP contribution is 2.28. The fourth-order valence-electron chi connectivity index (χ4n) is 2.56. The predicted octanol–water partition coefficient (Wildman–Crippen LogP) is 3.52. The lowest BCUT2D eigenvalue weighted by atomic mass is 9.89. The smallest absolute Gasteiger partial charge is 0.142 e. The maximum absolute atomic E-state index is 13.9. The van der Waals surface area contributed by atoms with Gasteiger partial charge in [-0.1, -0.05) is 25.2 Å². The van der Waals surface area contributed by atoms with Crippen LogP contribution in [0, 0.1) is 23.6 Å². The zero-order valence-corrected chi connectivity index (χ0v) is 11.9. The zero-order chi connectivity index (χ0) is 14.4. The molecule has 2 atom stereocenters. The van der Waals surface area contributed by atoms with E-state index in [-0.39, 0.29) is 18.5 Å². The Labute approximate surface area is 120 Å². The first-order valence-corrected chi connectivity index (χ1v) is 7.25. The van der Waals surface area contributed by atoms with E-state index in [2.05, 4.69) is 18.8 Å². The van der Waals surface area contributed by atoms with Crippen molar-refractivity contribution in [2.24, 2.45) is 5.92 Å². The number of hydrogen-bond donors (Lipinski definition) is 1. The summed E-state index contributed by atoms with van der Waals surface area (Å²) in [5.74, 6) is 6.33. The van der Waals surface area contributed by atoms with Crippen molar-refractivity contribution >= 4 is 0 Å². The van der Waals surface area contributed by atoms with Gasteiger partial charge in [-0.3, -0.25) is 0 Å². The minimum Gasteiger partial charge on any atom is -0.490 e. The summed E-state index contributed by atoms with van der Waals surface area (Å²) in [4.78, 5) is 0. The molecule has 108 valence electrons. The van der Waals surface area contributed by atoms with Crippen molar-refractivity contribution in [1.82, 2.24) is 0 Å². The SMILES string of the molecule is CC1CCCC(Oc2ccc(C#CCCO)c(F)c2)C1. The molecule has 0 aromatic heterocycles. The first-order valence-electron chi connectivity index (χ1n) is 7.25. The molecule has 2 unspecified atom stereocenters. The quantitative estimate of drug-likeness (QED) is 0.856. The van der Waals surface area contributed by atoms with E-state index < -0.39 is 0 Å². The largest absolute Gasteiger partial charge is 0.490 e. The molecule has 1 N–H and O–H groups in total. The molecule has 1 saturated carbocycles. The number of aliphatic hydroxyl groups is 1. The molecule has 0 aliphatic heterocycles. The Morgan fingerprint density at radius 1 is 1.40 bits per heavy atom. The van der Waals surface area contributed by atoms with Crippen LogP contribution in [0.4, 0.5) is 4.39 Å². The number of hydrogen-bond acceptors (Lipinski definition) is 2. The molecule has 1 aliphatic rings. The summed E-state index contributed by atoms with van der Waals surface area (Å²) in [6.45, 7) is 2.23. The third-order valence-corrected chi connectivity index (χ3v) is 3.59. The lowest BCUT2D eigenvalue weighted by molar-refractivity contribution is 0.129. The lowest BCUT2D eigenvalue weighted by Crippen LogP contribution is -2.24. The van der Waals surface area contributed by atoms with Gasteiger partial charge in [0.25, 0.3) is 0 Å². The second kappa shape index (κ2) is 7.31. The van der Waals surface area contributed by atoms with Gasteiger partial charge in [-0.05, 0) is 37.3 Å². The molecule has 0 spiro atoms. The van der Waals surface area contributed by atoms with E-state index in [1.807, 2.05) is 0 Å². The molecule has 0 bridgehead atoms. The molecule has 3 heteroatoms. The van der Waals surface area contributed by atoms with Gasteiger partial charge >= 0.3 is 0 Å². The summed E-state index contributed by atoms with van der Waals surface area (Å²) in [6, 6.07) is 4.81. The van der Waals surface area contributed by atoms with Crippen LogP contribution >= 0.6 is 0 Å². The van der Waals surface area contributed by atoms with Gasteiger partial charge in [-0.15, -0.1) is 0 Å². The van der Waals surface area contributed by atoms with Crippen molar-refractivity contribution in [3.05, 3.63) is 29.6 Å². The summed E-state index contributed by atoms with van der Waals surface area (Å²) < 4.78 is 19.7. The highest BCUT2D eigenvalue weighted by atomic mass is 19.1. The summed E-state index contributed by atoms with van der Waals surface area (Å²) in [6.07, 6.45) is 5.08. The van der Waals surface area contributed by atoms with Crippen LogP contribution in [0.15, 0.2) is 18.2 Å². The van der Waals surface area contributed by atoms with E-state index in [0.717, 1.165) is 12.8 Å². The Morgan fingerprint density at radius 2 is 2.25 bits per heavy atom. The fourth-order valence-corrected chi connectivity index (χ4v) is 2.56. The van der Waals surface area contributed by atoms with Gasteiger partial charge in [0.15, 0.2) is 0 Å². The van der Waals surface area contributed by atoms with Gasteiger partial charge in [0.05, 0.1) is 18.3 Å². The summed E-state index contributed by atoms with van der Waals surface area (Å²) in [5.41, 5.74) is 0.350. The van der Waals surface area contributed by atoms with Gasteiger partial charge in [-0.2, -0.15) is 0 Å². The zero-order valence-electron chi connectivity index (χ0n) is 11.9. The maximum atomic E-state index is 13.9. The van der Waals surface area contributed by atoms with Crippen LogP contribution in [0.3, 0.4) is 0 Å². The summed E-state index contributed by atoms with van der Waals surface area (Å²) in [7, 11) is 0. The average Bonchev–Trinajstić information content (AvgIpc) is 2.41. The third kappa shape index (κ3) is 4.25. The van der Waals surface area contributed by atoms with Crippen LogP contribution in [0.5, 0.6) is 5.75 Å². The number of benzene rings is 1. The van der Waals surface area contributed by atoms with Crippen molar-refractivity contribution in [2.75, 3.05) is 6.61 Å². The molecule has 0 heterocycles. The molecular formula is C17H21FO2. The van der Waals surface area contributed by atoms with Crippen LogP contribution in [0.25, 0.3) is 0 Å². The minimum absolute atomic E-state index is 0.00429. The molecule has 0 radical (unpaired) electrons. The molecule has 0 saturated heterocycles. The topological polar surface area (TPSA) is 29.5 Å². The number of aliphatic hydroxyl groups excluding tert-OH is 1. The molecular weight excluding hydrogens is 255 g/mol. The van der Waals surface area contributed by atoms with Gasteiger partial charge < -0.3 is 9.84 Å². The Balaban J connectivity index is 2.00. The first kappa shape index (κ1) is 14.9. The second-order valence-corrected chi connectivity index (χ2v) is 5.43. The van der Waals surface area contributed by atoms with Gasteiger partial charge in [0, 0.05) is 12.5 Å². The van der Waals surface area contributed by atoms with Crippen LogP contribution in [0.1, 0.15) is 44.6 Å². The summed E-state index contributed by atoms with van der Waals surface area (Å²) in [5, 5.41) is 8.65. The molecule has 1 fully saturated rings. The average molecular weight is 276 g/mol. The summed E-state index contributed by atoms with van der Waals surface area (Å²) >= 11 is 0. The van der Waals surface area contributed by atoms with E-state index in [9.17, 15) is 4.39 Å². The van der Waals surface area contributed by atoms with Crippen LogP contribution in [0.2, 0.25) is 0 Å². The Morgan fingerprint density at radius 3 is 2.95 bits per heavy atom. The van der Waals surface area contributed by atoms with E-state index in [0.29, 0.717) is 23.7 Å². The minimum atomic E-state index is -0.364. The van der Waals surface area contributed by atoms with Crippen molar-refractivity contribution in [2.45, 2.75) is 45.1 Å². The highest BCUT2D eigenvalue weighted by molar-refractivity contribution is 5.39. The van der Waals surface area contributed by atoms with Crippen LogP contribution < -0.4 is 4.74 Å².